The number of aryl methyl sites for hydroxylation is 1. The Hall–Kier alpha value is -1.69. The number of fused-ring (bicyclic) bond motifs is 1. The molecule has 118 valence electrons. The lowest BCUT2D eigenvalue weighted by molar-refractivity contribution is 0.183. The monoisotopic (exact) mass is 318 g/mol. The van der Waals surface area contributed by atoms with Crippen LogP contribution in [-0.2, 0) is 0 Å². The zero-order chi connectivity index (χ0) is 15.5. The molecule has 0 aliphatic carbocycles. The van der Waals surface area contributed by atoms with Crippen molar-refractivity contribution in [2.24, 2.45) is 5.92 Å². The molecule has 1 fully saturated rings. The summed E-state index contributed by atoms with van der Waals surface area (Å²) in [5, 5.41) is 4.08. The molecule has 5 nitrogen and oxygen atoms in total. The van der Waals surface area contributed by atoms with Gasteiger partial charge in [-0.15, -0.1) is 0 Å². The smallest absolute Gasteiger partial charge is 0.321 e. The Morgan fingerprint density at radius 2 is 2.45 bits per heavy atom. The Morgan fingerprint density at radius 1 is 1.59 bits per heavy atom. The van der Waals surface area contributed by atoms with Crippen molar-refractivity contribution in [1.82, 2.24) is 14.9 Å². The van der Waals surface area contributed by atoms with Crippen molar-refractivity contribution in [3.63, 3.8) is 0 Å². The molecule has 2 aromatic heterocycles. The molecular weight excluding hydrogens is 296 g/mol. The maximum atomic E-state index is 12.5. The largest absolute Gasteiger partial charge is 0.346 e. The molecule has 2 N–H and O–H groups in total. The third-order valence-electron chi connectivity index (χ3n) is 4.31. The van der Waals surface area contributed by atoms with Gasteiger partial charge in [-0.05, 0) is 49.3 Å². The van der Waals surface area contributed by atoms with E-state index in [2.05, 4.69) is 21.5 Å². The maximum Gasteiger partial charge on any atom is 0.321 e. The number of anilines is 1. The summed E-state index contributed by atoms with van der Waals surface area (Å²) in [6.45, 7) is 3.71. The van der Waals surface area contributed by atoms with Crippen LogP contribution in [0.3, 0.4) is 0 Å². The number of urea groups is 1. The number of pyridine rings is 1. The first-order valence-corrected chi connectivity index (χ1v) is 9.06. The lowest BCUT2D eigenvalue weighted by atomic mass is 10.0. The van der Waals surface area contributed by atoms with E-state index in [0.29, 0.717) is 5.92 Å². The van der Waals surface area contributed by atoms with Crippen molar-refractivity contribution >= 4 is 34.5 Å². The van der Waals surface area contributed by atoms with Crippen molar-refractivity contribution in [2.75, 3.05) is 30.4 Å². The number of aromatic nitrogens is 2. The molecule has 2 amide bonds. The molecule has 0 bridgehead atoms. The van der Waals surface area contributed by atoms with Gasteiger partial charge in [-0.3, -0.25) is 0 Å². The topological polar surface area (TPSA) is 61.0 Å². The van der Waals surface area contributed by atoms with E-state index in [4.69, 9.17) is 0 Å². The lowest BCUT2D eigenvalue weighted by Gasteiger charge is -2.32. The zero-order valence-electron chi connectivity index (χ0n) is 13.1. The molecule has 1 unspecified atom stereocenters. The third-order valence-corrected chi connectivity index (χ3v) is 5.11. The quantitative estimate of drug-likeness (QED) is 0.911. The fourth-order valence-corrected chi connectivity index (χ4v) is 3.83. The number of hydrogen-bond acceptors (Lipinski definition) is 3. The van der Waals surface area contributed by atoms with Crippen molar-refractivity contribution in [3.05, 3.63) is 24.0 Å². The van der Waals surface area contributed by atoms with Crippen molar-refractivity contribution in [3.8, 4) is 0 Å². The van der Waals surface area contributed by atoms with Crippen LogP contribution in [0.5, 0.6) is 0 Å². The number of carbonyl (C=O) groups excluding carboxylic acids is 1. The van der Waals surface area contributed by atoms with Crippen LogP contribution in [0.4, 0.5) is 10.5 Å². The van der Waals surface area contributed by atoms with Crippen molar-refractivity contribution in [2.45, 2.75) is 19.8 Å². The first-order valence-electron chi connectivity index (χ1n) is 7.66. The van der Waals surface area contributed by atoms with E-state index in [0.717, 1.165) is 47.5 Å². The molecule has 1 atom stereocenters. The van der Waals surface area contributed by atoms with Gasteiger partial charge in [-0.2, -0.15) is 11.8 Å². The summed E-state index contributed by atoms with van der Waals surface area (Å²) in [6, 6.07) is 1.98. The van der Waals surface area contributed by atoms with Gasteiger partial charge >= 0.3 is 6.03 Å². The fraction of sp³-hybridized carbons (Fsp3) is 0.500. The minimum Gasteiger partial charge on any atom is -0.346 e. The van der Waals surface area contributed by atoms with E-state index in [1.807, 2.05) is 35.8 Å². The number of hydrogen-bond donors (Lipinski definition) is 2. The van der Waals surface area contributed by atoms with Crippen LogP contribution in [0.25, 0.3) is 11.0 Å². The number of nitrogens with zero attached hydrogens (tertiary/aromatic N) is 2. The van der Waals surface area contributed by atoms with Crippen LogP contribution in [-0.4, -0.2) is 46.0 Å². The van der Waals surface area contributed by atoms with Gasteiger partial charge in [0.1, 0.15) is 5.65 Å². The van der Waals surface area contributed by atoms with E-state index < -0.39 is 0 Å². The number of rotatable bonds is 3. The second-order valence-corrected chi connectivity index (χ2v) is 6.79. The molecule has 1 aliphatic heterocycles. The standard InChI is InChI=1S/C16H22N4OS/c1-11-13-5-6-17-15(13)18-8-14(11)19-16(21)20-7-3-4-12(9-20)10-22-2/h5-6,8,12H,3-4,7,9-10H2,1-2H3,(H,17,18)(H,19,21). The Bertz CT molecular complexity index is 667. The molecule has 0 radical (unpaired) electrons. The Morgan fingerprint density at radius 3 is 3.27 bits per heavy atom. The average molecular weight is 318 g/mol. The Labute approximate surface area is 134 Å². The summed E-state index contributed by atoms with van der Waals surface area (Å²) >= 11 is 1.86. The van der Waals surface area contributed by atoms with Gasteiger partial charge in [-0.25, -0.2) is 9.78 Å². The number of aromatic amines is 1. The highest BCUT2D eigenvalue weighted by Crippen LogP contribution is 2.24. The molecule has 22 heavy (non-hydrogen) atoms. The van der Waals surface area contributed by atoms with Gasteiger partial charge in [0.15, 0.2) is 0 Å². The molecule has 0 aromatic carbocycles. The minimum atomic E-state index is -0.00871. The van der Waals surface area contributed by atoms with Crippen LogP contribution < -0.4 is 5.32 Å². The summed E-state index contributed by atoms with van der Waals surface area (Å²) in [4.78, 5) is 21.9. The first-order chi connectivity index (χ1) is 10.7. The van der Waals surface area contributed by atoms with Gasteiger partial charge in [0.05, 0.1) is 11.9 Å². The number of nitrogens with one attached hydrogen (secondary N) is 2. The first kappa shape index (κ1) is 15.2. The Balaban J connectivity index is 1.71. The third kappa shape index (κ3) is 3.06. The summed E-state index contributed by atoms with van der Waals surface area (Å²) < 4.78 is 0. The average Bonchev–Trinajstić information content (AvgIpc) is 3.00. The second-order valence-electron chi connectivity index (χ2n) is 5.88. The fourth-order valence-electron chi connectivity index (χ4n) is 3.08. The van der Waals surface area contributed by atoms with E-state index in [-0.39, 0.29) is 6.03 Å². The molecule has 0 saturated carbocycles. The van der Waals surface area contributed by atoms with Crippen LogP contribution in [0.1, 0.15) is 18.4 Å². The van der Waals surface area contributed by atoms with Gasteiger partial charge in [-0.1, -0.05) is 0 Å². The highest BCUT2D eigenvalue weighted by molar-refractivity contribution is 7.98. The highest BCUT2D eigenvalue weighted by Gasteiger charge is 2.23. The molecule has 3 rings (SSSR count). The highest BCUT2D eigenvalue weighted by atomic mass is 32.2. The molecule has 2 aromatic rings. The lowest BCUT2D eigenvalue weighted by Crippen LogP contribution is -2.43. The van der Waals surface area contributed by atoms with Crippen molar-refractivity contribution in [1.29, 1.82) is 0 Å². The van der Waals surface area contributed by atoms with Crippen molar-refractivity contribution < 1.29 is 4.79 Å². The van der Waals surface area contributed by atoms with Gasteiger partial charge in [0.25, 0.3) is 0 Å². The summed E-state index contributed by atoms with van der Waals surface area (Å²) in [6.07, 6.45) is 8.04. The summed E-state index contributed by atoms with van der Waals surface area (Å²) in [5.74, 6) is 1.74. The summed E-state index contributed by atoms with van der Waals surface area (Å²) in [5.41, 5.74) is 2.70. The van der Waals surface area contributed by atoms with E-state index >= 15 is 0 Å². The van der Waals surface area contributed by atoms with Gasteiger partial charge in [0, 0.05) is 24.7 Å². The number of H-pyrrole nitrogens is 1. The van der Waals surface area contributed by atoms with E-state index in [9.17, 15) is 4.79 Å². The van der Waals surface area contributed by atoms with E-state index in [1.54, 1.807) is 6.20 Å². The maximum absolute atomic E-state index is 12.5. The molecule has 1 saturated heterocycles. The zero-order valence-corrected chi connectivity index (χ0v) is 13.9. The molecule has 0 spiro atoms. The summed E-state index contributed by atoms with van der Waals surface area (Å²) in [7, 11) is 0. The number of carbonyl (C=O) groups is 1. The number of likely N-dealkylation sites (tertiary alicyclic amines) is 1. The number of piperidine rings is 1. The van der Waals surface area contributed by atoms with Crippen LogP contribution in [0, 0.1) is 12.8 Å². The predicted octanol–water partition coefficient (Wildman–Crippen LogP) is 3.48. The van der Waals surface area contributed by atoms with E-state index in [1.165, 1.54) is 6.42 Å². The van der Waals surface area contributed by atoms with Crippen LogP contribution >= 0.6 is 11.8 Å². The van der Waals surface area contributed by atoms with Crippen LogP contribution in [0.2, 0.25) is 0 Å². The Kier molecular flexibility index (Phi) is 4.57. The molecule has 3 heterocycles. The predicted molar refractivity (Wildman–Crippen MR) is 92.5 cm³/mol. The van der Waals surface area contributed by atoms with Crippen LogP contribution in [0.15, 0.2) is 18.5 Å². The number of amides is 2. The second kappa shape index (κ2) is 6.60. The van der Waals surface area contributed by atoms with Gasteiger partial charge in [0.2, 0.25) is 0 Å². The molecular formula is C16H22N4OS. The SMILES string of the molecule is CSCC1CCCN(C(=O)Nc2cnc3[nH]ccc3c2C)C1. The minimum absolute atomic E-state index is 0.00871. The number of thioether (sulfide) groups is 1. The molecule has 6 heteroatoms. The van der Waals surface area contributed by atoms with Gasteiger partial charge < -0.3 is 15.2 Å². The normalized spacial score (nSPS) is 18.6. The molecule has 1 aliphatic rings.